The van der Waals surface area contributed by atoms with E-state index < -0.39 is 0 Å². The summed E-state index contributed by atoms with van der Waals surface area (Å²) in [6, 6.07) is 0.309. The molecule has 21 heavy (non-hydrogen) atoms. The lowest BCUT2D eigenvalue weighted by Crippen LogP contribution is -2.55. The van der Waals surface area contributed by atoms with Crippen molar-refractivity contribution in [1.29, 1.82) is 0 Å². The minimum absolute atomic E-state index is 0.0229. The fourth-order valence-corrected chi connectivity index (χ4v) is 6.22. The number of carbonyl (C=O) groups excluding carboxylic acids is 2. The van der Waals surface area contributed by atoms with Gasteiger partial charge in [-0.25, -0.2) is 0 Å². The van der Waals surface area contributed by atoms with Crippen LogP contribution in [-0.2, 0) is 9.59 Å². The lowest BCUT2D eigenvalue weighted by molar-refractivity contribution is -0.159. The summed E-state index contributed by atoms with van der Waals surface area (Å²) in [5.41, 5.74) is -0.0229. The van der Waals surface area contributed by atoms with Gasteiger partial charge in [0.25, 0.3) is 0 Å². The van der Waals surface area contributed by atoms with Gasteiger partial charge in [-0.1, -0.05) is 0 Å². The highest BCUT2D eigenvalue weighted by molar-refractivity contribution is 5.84. The monoisotopic (exact) mass is 289 g/mol. The van der Waals surface area contributed by atoms with Crippen LogP contribution in [0.15, 0.2) is 0 Å². The standard InChI is InChI=1S/C18H27NO2/c1-19(15-2-4-16(20)5-3-15)17(21)18-9-12-6-13(10-18)8-14(7-12)11-18/h12-15H,2-11H2,1H3. The van der Waals surface area contributed by atoms with Crippen LogP contribution in [-0.4, -0.2) is 29.7 Å². The van der Waals surface area contributed by atoms with Crippen LogP contribution >= 0.6 is 0 Å². The first-order chi connectivity index (χ1) is 10.1. The van der Waals surface area contributed by atoms with Gasteiger partial charge in [-0.15, -0.1) is 0 Å². The highest BCUT2D eigenvalue weighted by Gasteiger charge is 2.55. The average molecular weight is 289 g/mol. The Bertz CT molecular complexity index is 425. The summed E-state index contributed by atoms with van der Waals surface area (Å²) in [6.07, 6.45) is 10.7. The molecule has 0 aromatic rings. The molecule has 0 N–H and O–H groups in total. The first-order valence-electron chi connectivity index (χ1n) is 8.85. The maximum Gasteiger partial charge on any atom is 0.228 e. The third kappa shape index (κ3) is 2.24. The Morgan fingerprint density at radius 2 is 1.48 bits per heavy atom. The Balaban J connectivity index is 1.50. The zero-order chi connectivity index (χ0) is 14.6. The summed E-state index contributed by atoms with van der Waals surface area (Å²) in [7, 11) is 2.00. The molecule has 0 aliphatic heterocycles. The number of Topliss-reactive ketones (excluding diaryl/α,β-unsaturated/α-hetero) is 1. The van der Waals surface area contributed by atoms with E-state index >= 15 is 0 Å². The zero-order valence-electron chi connectivity index (χ0n) is 13.1. The topological polar surface area (TPSA) is 37.4 Å². The van der Waals surface area contributed by atoms with Crippen molar-refractivity contribution < 1.29 is 9.59 Å². The van der Waals surface area contributed by atoms with Crippen LogP contribution in [0.3, 0.4) is 0 Å². The Hall–Kier alpha value is -0.860. The summed E-state index contributed by atoms with van der Waals surface area (Å²) in [5.74, 6) is 3.26. The van der Waals surface area contributed by atoms with Gasteiger partial charge in [0.05, 0.1) is 5.41 Å². The Morgan fingerprint density at radius 1 is 1.00 bits per heavy atom. The molecule has 3 heteroatoms. The first kappa shape index (κ1) is 13.8. The van der Waals surface area contributed by atoms with E-state index in [2.05, 4.69) is 0 Å². The van der Waals surface area contributed by atoms with Crippen molar-refractivity contribution in [1.82, 2.24) is 4.90 Å². The normalized spacial score (nSPS) is 42.3. The van der Waals surface area contributed by atoms with E-state index in [4.69, 9.17) is 0 Å². The third-order valence-electron chi connectivity index (χ3n) is 6.87. The van der Waals surface area contributed by atoms with Crippen LogP contribution in [0.4, 0.5) is 0 Å². The summed E-state index contributed by atoms with van der Waals surface area (Å²) in [4.78, 5) is 26.7. The van der Waals surface area contributed by atoms with E-state index in [-0.39, 0.29) is 5.41 Å². The van der Waals surface area contributed by atoms with Crippen LogP contribution in [0.2, 0.25) is 0 Å². The maximum atomic E-state index is 13.2. The van der Waals surface area contributed by atoms with Gasteiger partial charge in [-0.05, 0) is 69.1 Å². The fourth-order valence-electron chi connectivity index (χ4n) is 6.22. The lowest BCUT2D eigenvalue weighted by Gasteiger charge is -2.57. The number of amides is 1. The molecule has 5 aliphatic carbocycles. The van der Waals surface area contributed by atoms with Gasteiger partial charge in [0.15, 0.2) is 0 Å². The molecule has 0 spiro atoms. The van der Waals surface area contributed by atoms with Crippen molar-refractivity contribution in [3.05, 3.63) is 0 Å². The van der Waals surface area contributed by atoms with Gasteiger partial charge in [-0.2, -0.15) is 0 Å². The molecule has 5 saturated carbocycles. The maximum absolute atomic E-state index is 13.2. The van der Waals surface area contributed by atoms with E-state index in [0.29, 0.717) is 30.6 Å². The number of ketones is 1. The van der Waals surface area contributed by atoms with Crippen LogP contribution in [0, 0.1) is 23.2 Å². The molecular weight excluding hydrogens is 262 g/mol. The molecule has 0 radical (unpaired) electrons. The Morgan fingerprint density at radius 3 is 1.95 bits per heavy atom. The molecular formula is C18H27NO2. The van der Waals surface area contributed by atoms with Crippen molar-refractivity contribution in [2.45, 2.75) is 70.3 Å². The molecule has 0 unspecified atom stereocenters. The Kier molecular flexibility index (Phi) is 3.16. The van der Waals surface area contributed by atoms with Crippen molar-refractivity contribution in [3.8, 4) is 0 Å². The van der Waals surface area contributed by atoms with Gasteiger partial charge in [0.2, 0.25) is 5.91 Å². The van der Waals surface area contributed by atoms with Crippen LogP contribution in [0.1, 0.15) is 64.2 Å². The van der Waals surface area contributed by atoms with Gasteiger partial charge in [0.1, 0.15) is 5.78 Å². The highest BCUT2D eigenvalue weighted by atomic mass is 16.2. The molecule has 0 aromatic carbocycles. The molecule has 0 heterocycles. The summed E-state index contributed by atoms with van der Waals surface area (Å²) in [5, 5.41) is 0. The number of carbonyl (C=O) groups is 2. The van der Waals surface area contributed by atoms with Crippen molar-refractivity contribution >= 4 is 11.7 Å². The molecule has 0 atom stereocenters. The van der Waals surface area contributed by atoms with E-state index in [0.717, 1.165) is 49.9 Å². The van der Waals surface area contributed by atoms with E-state index in [1.165, 1.54) is 19.3 Å². The number of rotatable bonds is 2. The van der Waals surface area contributed by atoms with Crippen molar-refractivity contribution in [2.24, 2.45) is 23.2 Å². The van der Waals surface area contributed by atoms with Crippen LogP contribution < -0.4 is 0 Å². The quantitative estimate of drug-likeness (QED) is 0.783. The Labute approximate surface area is 127 Å². The molecule has 0 saturated heterocycles. The van der Waals surface area contributed by atoms with E-state index in [1.807, 2.05) is 11.9 Å². The van der Waals surface area contributed by atoms with Gasteiger partial charge < -0.3 is 4.90 Å². The first-order valence-corrected chi connectivity index (χ1v) is 8.85. The van der Waals surface area contributed by atoms with Crippen molar-refractivity contribution in [2.75, 3.05) is 7.05 Å². The molecule has 3 nitrogen and oxygen atoms in total. The lowest BCUT2D eigenvalue weighted by atomic mass is 9.49. The van der Waals surface area contributed by atoms with E-state index in [9.17, 15) is 9.59 Å². The fraction of sp³-hybridized carbons (Fsp3) is 0.889. The number of hydrogen-bond acceptors (Lipinski definition) is 2. The summed E-state index contributed by atoms with van der Waals surface area (Å²) >= 11 is 0. The second-order valence-corrected chi connectivity index (χ2v) is 8.38. The zero-order valence-corrected chi connectivity index (χ0v) is 13.1. The number of hydrogen-bond donors (Lipinski definition) is 0. The molecule has 1 amide bonds. The molecule has 5 rings (SSSR count). The van der Waals surface area contributed by atoms with Gasteiger partial charge in [-0.3, -0.25) is 9.59 Å². The second kappa shape index (κ2) is 4.82. The summed E-state index contributed by atoms with van der Waals surface area (Å²) in [6.45, 7) is 0. The van der Waals surface area contributed by atoms with Gasteiger partial charge in [0, 0.05) is 25.9 Å². The molecule has 4 bridgehead atoms. The molecule has 0 aromatic heterocycles. The SMILES string of the molecule is CN(C(=O)C12CC3CC(CC(C3)C1)C2)C1CCC(=O)CC1. The number of nitrogens with zero attached hydrogens (tertiary/aromatic N) is 1. The predicted octanol–water partition coefficient (Wildman–Crippen LogP) is 3.17. The van der Waals surface area contributed by atoms with Gasteiger partial charge >= 0.3 is 0 Å². The minimum Gasteiger partial charge on any atom is -0.342 e. The minimum atomic E-state index is -0.0229. The summed E-state index contributed by atoms with van der Waals surface area (Å²) < 4.78 is 0. The second-order valence-electron chi connectivity index (χ2n) is 8.38. The van der Waals surface area contributed by atoms with Crippen LogP contribution in [0.5, 0.6) is 0 Å². The van der Waals surface area contributed by atoms with Crippen LogP contribution in [0.25, 0.3) is 0 Å². The average Bonchev–Trinajstić information content (AvgIpc) is 2.45. The molecule has 5 fully saturated rings. The highest BCUT2D eigenvalue weighted by Crippen LogP contribution is 2.60. The predicted molar refractivity (Wildman–Crippen MR) is 80.6 cm³/mol. The van der Waals surface area contributed by atoms with E-state index in [1.54, 1.807) is 0 Å². The smallest absolute Gasteiger partial charge is 0.228 e. The third-order valence-corrected chi connectivity index (χ3v) is 6.87. The largest absolute Gasteiger partial charge is 0.342 e. The molecule has 5 aliphatic rings. The van der Waals surface area contributed by atoms with Crippen molar-refractivity contribution in [3.63, 3.8) is 0 Å². The molecule has 116 valence electrons.